The second kappa shape index (κ2) is 10.7. The van der Waals surface area contributed by atoms with E-state index in [4.69, 9.17) is 9.47 Å². The molecule has 4 aliphatic rings. The number of benzene rings is 2. The number of piperazine rings is 1. The third-order valence-electron chi connectivity index (χ3n) is 9.87. The summed E-state index contributed by atoms with van der Waals surface area (Å²) in [5.41, 5.74) is 1.24. The largest absolute Gasteiger partial charge is 0.454 e. The number of nitrogens with zero attached hydrogens (tertiary/aromatic N) is 3. The molecule has 0 bridgehead atoms. The number of hydrogen-bond acceptors (Lipinski definition) is 7. The number of rotatable bonds is 6. The van der Waals surface area contributed by atoms with Crippen LogP contribution >= 0.6 is 0 Å². The fraction of sp³-hybridized carbons (Fsp3) is 0.581. The summed E-state index contributed by atoms with van der Waals surface area (Å²) in [4.78, 5) is 20.5. The number of ether oxygens (including phenoxy) is 2. The Hall–Kier alpha value is -2.62. The van der Waals surface area contributed by atoms with Crippen LogP contribution in [0.15, 0.2) is 52.3 Å². The summed E-state index contributed by atoms with van der Waals surface area (Å²) in [6.45, 7) is 11.7. The fourth-order valence-electron chi connectivity index (χ4n) is 6.77. The van der Waals surface area contributed by atoms with Crippen molar-refractivity contribution in [3.8, 4) is 11.5 Å². The van der Waals surface area contributed by atoms with Gasteiger partial charge < -0.3 is 14.4 Å². The van der Waals surface area contributed by atoms with Crippen molar-refractivity contribution in [1.29, 1.82) is 0 Å². The van der Waals surface area contributed by atoms with Crippen LogP contribution in [0.4, 0.5) is 0 Å². The molecule has 8 nitrogen and oxygen atoms in total. The van der Waals surface area contributed by atoms with Crippen molar-refractivity contribution < 1.29 is 22.7 Å². The smallest absolute Gasteiger partial charge is 0.231 e. The van der Waals surface area contributed by atoms with Gasteiger partial charge in [-0.15, -0.1) is 0 Å². The minimum absolute atomic E-state index is 0.108. The maximum absolute atomic E-state index is 13.3. The zero-order chi connectivity index (χ0) is 28.1. The molecule has 9 heteroatoms. The lowest BCUT2D eigenvalue weighted by Gasteiger charge is -2.53. The van der Waals surface area contributed by atoms with Gasteiger partial charge in [0.05, 0.1) is 9.79 Å². The van der Waals surface area contributed by atoms with Crippen molar-refractivity contribution >= 4 is 15.7 Å². The predicted molar refractivity (Wildman–Crippen MR) is 152 cm³/mol. The van der Waals surface area contributed by atoms with Gasteiger partial charge in [0.25, 0.3) is 0 Å². The van der Waals surface area contributed by atoms with Crippen LogP contribution < -0.4 is 9.47 Å². The Balaban J connectivity index is 1.07. The molecular weight excluding hydrogens is 526 g/mol. The van der Waals surface area contributed by atoms with Crippen LogP contribution in [0.1, 0.15) is 64.5 Å². The molecule has 2 aromatic carbocycles. The first-order valence-electron chi connectivity index (χ1n) is 14.7. The normalized spacial score (nSPS) is 24.5. The van der Waals surface area contributed by atoms with Gasteiger partial charge in [-0.25, -0.2) is 8.42 Å². The highest BCUT2D eigenvalue weighted by molar-refractivity contribution is 7.91. The van der Waals surface area contributed by atoms with E-state index in [0.29, 0.717) is 23.4 Å². The van der Waals surface area contributed by atoms with Gasteiger partial charge in [0.2, 0.25) is 22.5 Å². The molecule has 0 N–H and O–H groups in total. The van der Waals surface area contributed by atoms with Crippen LogP contribution in [0.5, 0.6) is 11.5 Å². The molecule has 2 atom stereocenters. The van der Waals surface area contributed by atoms with E-state index in [1.165, 1.54) is 12.5 Å². The molecule has 40 heavy (non-hydrogen) atoms. The maximum atomic E-state index is 13.3. The van der Waals surface area contributed by atoms with Crippen LogP contribution in [0.2, 0.25) is 0 Å². The average molecular weight is 568 g/mol. The number of carbonyl (C=O) groups excluding carboxylic acids is 1. The third kappa shape index (κ3) is 5.01. The summed E-state index contributed by atoms with van der Waals surface area (Å²) in [6.07, 6.45) is 5.42. The Morgan fingerprint density at radius 1 is 0.950 bits per heavy atom. The molecule has 2 saturated heterocycles. The SMILES string of the molecule is C[C@@H]1CN(C2(C)CCN(C(=O)C3CCC3)CC2)CCN1[C@@H](C)c1ccc(S(=O)(=O)c2ccc3c(c2)OCO3)cc1. The first kappa shape index (κ1) is 27.5. The third-order valence-corrected chi connectivity index (χ3v) is 11.6. The summed E-state index contributed by atoms with van der Waals surface area (Å²) in [5, 5.41) is 0. The van der Waals surface area contributed by atoms with Crippen LogP contribution in [0.25, 0.3) is 0 Å². The number of piperidine rings is 1. The molecule has 0 unspecified atom stereocenters. The zero-order valence-electron chi connectivity index (χ0n) is 23.8. The van der Waals surface area contributed by atoms with Gasteiger partial charge in [0.15, 0.2) is 11.5 Å². The van der Waals surface area contributed by atoms with E-state index in [1.807, 2.05) is 12.1 Å². The summed E-state index contributed by atoms with van der Waals surface area (Å²) >= 11 is 0. The van der Waals surface area contributed by atoms with Crippen molar-refractivity contribution in [3.63, 3.8) is 0 Å². The second-order valence-corrected chi connectivity index (χ2v) is 14.2. The molecule has 1 aliphatic carbocycles. The van der Waals surface area contributed by atoms with Gasteiger partial charge >= 0.3 is 0 Å². The van der Waals surface area contributed by atoms with Gasteiger partial charge in [-0.2, -0.15) is 0 Å². The average Bonchev–Trinajstić information content (AvgIpc) is 3.40. The number of likely N-dealkylation sites (tertiary alicyclic amines) is 1. The summed E-state index contributed by atoms with van der Waals surface area (Å²) < 4.78 is 37.2. The predicted octanol–water partition coefficient (Wildman–Crippen LogP) is 4.50. The summed E-state index contributed by atoms with van der Waals surface area (Å²) in [7, 11) is -3.66. The van der Waals surface area contributed by atoms with Gasteiger partial charge in [0.1, 0.15) is 0 Å². The van der Waals surface area contributed by atoms with Gasteiger partial charge in [0, 0.05) is 62.3 Å². The Morgan fingerprint density at radius 2 is 1.62 bits per heavy atom. The molecule has 0 aromatic heterocycles. The van der Waals surface area contributed by atoms with Gasteiger partial charge in [-0.1, -0.05) is 18.6 Å². The quantitative estimate of drug-likeness (QED) is 0.509. The molecular formula is C31H41N3O5S. The second-order valence-electron chi connectivity index (χ2n) is 12.2. The van der Waals surface area contributed by atoms with Crippen LogP contribution in [-0.2, 0) is 14.6 Å². The molecule has 6 rings (SSSR count). The molecule has 3 fully saturated rings. The van der Waals surface area contributed by atoms with Crippen molar-refractivity contribution in [2.45, 2.75) is 80.3 Å². The summed E-state index contributed by atoms with van der Waals surface area (Å²) in [6, 6.07) is 12.6. The van der Waals surface area contributed by atoms with Crippen molar-refractivity contribution in [1.82, 2.24) is 14.7 Å². The van der Waals surface area contributed by atoms with E-state index in [0.717, 1.165) is 64.0 Å². The van der Waals surface area contributed by atoms with E-state index < -0.39 is 9.84 Å². The van der Waals surface area contributed by atoms with Gasteiger partial charge in [-0.05, 0) is 76.3 Å². The Kier molecular flexibility index (Phi) is 7.34. The number of hydrogen-bond donors (Lipinski definition) is 0. The standard InChI is InChI=1S/C31H41N3O5S/c1-22-20-33(31(3)13-15-32(16-14-31)30(35)25-5-4-6-25)17-18-34(22)23(2)24-7-9-26(10-8-24)40(36,37)27-11-12-28-29(19-27)39-21-38-28/h7-12,19,22-23,25H,4-6,13-18,20-21H2,1-3H3/t22-,23+/m1/s1. The topological polar surface area (TPSA) is 79.4 Å². The number of fused-ring (bicyclic) bond motifs is 1. The molecule has 2 aromatic rings. The van der Waals surface area contributed by atoms with E-state index in [-0.39, 0.29) is 34.1 Å². The van der Waals surface area contributed by atoms with Crippen LogP contribution in [0, 0.1) is 5.92 Å². The minimum Gasteiger partial charge on any atom is -0.454 e. The lowest BCUT2D eigenvalue weighted by atomic mass is 9.82. The minimum atomic E-state index is -3.66. The molecule has 3 heterocycles. The van der Waals surface area contributed by atoms with Gasteiger partial charge in [-0.3, -0.25) is 14.6 Å². The lowest BCUT2D eigenvalue weighted by molar-refractivity contribution is -0.141. The van der Waals surface area contributed by atoms with E-state index in [9.17, 15) is 13.2 Å². The van der Waals surface area contributed by atoms with Crippen molar-refractivity contribution in [3.05, 3.63) is 48.0 Å². The fourth-order valence-corrected chi connectivity index (χ4v) is 8.05. The number of sulfone groups is 1. The molecule has 0 spiro atoms. The first-order valence-corrected chi connectivity index (χ1v) is 16.2. The molecule has 3 aliphatic heterocycles. The highest BCUT2D eigenvalue weighted by Crippen LogP contribution is 2.37. The number of carbonyl (C=O) groups is 1. The first-order chi connectivity index (χ1) is 19.2. The molecule has 1 amide bonds. The van der Waals surface area contributed by atoms with Crippen LogP contribution in [0.3, 0.4) is 0 Å². The maximum Gasteiger partial charge on any atom is 0.231 e. The Labute approximate surface area is 238 Å². The summed E-state index contributed by atoms with van der Waals surface area (Å²) in [5.74, 6) is 1.69. The van der Waals surface area contributed by atoms with Crippen LogP contribution in [-0.4, -0.2) is 80.1 Å². The highest BCUT2D eigenvalue weighted by atomic mass is 32.2. The van der Waals surface area contributed by atoms with Crippen molar-refractivity contribution in [2.24, 2.45) is 5.92 Å². The molecule has 0 radical (unpaired) electrons. The highest BCUT2D eigenvalue weighted by Gasteiger charge is 2.41. The Bertz CT molecular complexity index is 1350. The molecule has 216 valence electrons. The van der Waals surface area contributed by atoms with E-state index in [1.54, 1.807) is 24.3 Å². The Morgan fingerprint density at radius 3 is 2.27 bits per heavy atom. The van der Waals surface area contributed by atoms with E-state index >= 15 is 0 Å². The lowest BCUT2D eigenvalue weighted by Crippen LogP contribution is -2.62. The number of amides is 1. The molecule has 1 saturated carbocycles. The zero-order valence-corrected chi connectivity index (χ0v) is 24.7. The van der Waals surface area contributed by atoms with E-state index in [2.05, 4.69) is 35.5 Å². The monoisotopic (exact) mass is 567 g/mol. The van der Waals surface area contributed by atoms with Crippen molar-refractivity contribution in [2.75, 3.05) is 39.5 Å².